The van der Waals surface area contributed by atoms with Gasteiger partial charge < -0.3 is 9.84 Å². The van der Waals surface area contributed by atoms with E-state index in [4.69, 9.17) is 9.84 Å². The molecule has 1 aliphatic heterocycles. The zero-order valence-corrected chi connectivity index (χ0v) is 7.06. The second-order valence-electron chi connectivity index (χ2n) is 3.04. The summed E-state index contributed by atoms with van der Waals surface area (Å²) in [5.41, 5.74) is 0.900. The first-order chi connectivity index (χ1) is 6.31. The number of hydrogen-bond donors (Lipinski definition) is 1. The van der Waals surface area contributed by atoms with Gasteiger partial charge in [-0.2, -0.15) is 0 Å². The lowest BCUT2D eigenvalue weighted by atomic mass is 10.0. The van der Waals surface area contributed by atoms with Crippen molar-refractivity contribution in [1.29, 1.82) is 0 Å². The molecule has 0 saturated carbocycles. The molecule has 1 aromatic carbocycles. The number of benzene rings is 1. The first kappa shape index (κ1) is 8.26. The van der Waals surface area contributed by atoms with Crippen molar-refractivity contribution in [3.8, 4) is 5.75 Å². The predicted octanol–water partition coefficient (Wildman–Crippen LogP) is 0.551. The predicted molar refractivity (Wildman–Crippen MR) is 46.7 cm³/mol. The van der Waals surface area contributed by atoms with Gasteiger partial charge in [0, 0.05) is 12.0 Å². The van der Waals surface area contributed by atoms with E-state index < -0.39 is 6.10 Å². The number of Topliss-reactive ketones (excluding diaryl/α,β-unsaturated/α-hetero) is 1. The van der Waals surface area contributed by atoms with E-state index in [1.54, 1.807) is 0 Å². The molecule has 1 unspecified atom stereocenters. The highest BCUT2D eigenvalue weighted by Crippen LogP contribution is 2.24. The molecule has 0 aliphatic carbocycles. The van der Waals surface area contributed by atoms with Crippen molar-refractivity contribution in [3.05, 3.63) is 29.8 Å². The topological polar surface area (TPSA) is 46.5 Å². The number of aliphatic hydroxyl groups is 1. The van der Waals surface area contributed by atoms with Crippen LogP contribution in [0.5, 0.6) is 5.75 Å². The van der Waals surface area contributed by atoms with Crippen LogP contribution in [0.25, 0.3) is 0 Å². The van der Waals surface area contributed by atoms with Gasteiger partial charge in [0.05, 0.1) is 6.61 Å². The summed E-state index contributed by atoms with van der Waals surface area (Å²) in [7, 11) is 0. The SMILES string of the molecule is O=C1Cc2ccccc2OC1CO. The van der Waals surface area contributed by atoms with E-state index in [9.17, 15) is 4.79 Å². The number of para-hydroxylation sites is 1. The van der Waals surface area contributed by atoms with Gasteiger partial charge in [0.15, 0.2) is 11.9 Å². The van der Waals surface area contributed by atoms with Crippen LogP contribution in [-0.2, 0) is 11.2 Å². The number of ketones is 1. The van der Waals surface area contributed by atoms with Gasteiger partial charge in [0.2, 0.25) is 0 Å². The van der Waals surface area contributed by atoms with Crippen LogP contribution in [0.2, 0.25) is 0 Å². The summed E-state index contributed by atoms with van der Waals surface area (Å²) >= 11 is 0. The minimum absolute atomic E-state index is 0.0544. The summed E-state index contributed by atoms with van der Waals surface area (Å²) in [6.07, 6.45) is -0.309. The Morgan fingerprint density at radius 3 is 3.00 bits per heavy atom. The Morgan fingerprint density at radius 1 is 1.46 bits per heavy atom. The molecule has 0 spiro atoms. The molecule has 3 nitrogen and oxygen atoms in total. The lowest BCUT2D eigenvalue weighted by molar-refractivity contribution is -0.128. The van der Waals surface area contributed by atoms with E-state index in [0.29, 0.717) is 12.2 Å². The fraction of sp³-hybridized carbons (Fsp3) is 0.300. The van der Waals surface area contributed by atoms with E-state index in [-0.39, 0.29) is 12.4 Å². The molecule has 1 aliphatic rings. The molecule has 0 bridgehead atoms. The zero-order valence-electron chi connectivity index (χ0n) is 7.06. The molecule has 0 aromatic heterocycles. The lowest BCUT2D eigenvalue weighted by Gasteiger charge is -2.23. The van der Waals surface area contributed by atoms with E-state index in [0.717, 1.165) is 5.56 Å². The van der Waals surface area contributed by atoms with Gasteiger partial charge in [0.1, 0.15) is 5.75 Å². The Hall–Kier alpha value is -1.35. The van der Waals surface area contributed by atoms with Gasteiger partial charge in [-0.1, -0.05) is 18.2 Å². The molecule has 0 saturated heterocycles. The van der Waals surface area contributed by atoms with Crippen LogP contribution in [0.3, 0.4) is 0 Å². The van der Waals surface area contributed by atoms with Crippen LogP contribution in [-0.4, -0.2) is 23.6 Å². The first-order valence-electron chi connectivity index (χ1n) is 4.19. The second-order valence-corrected chi connectivity index (χ2v) is 3.04. The highest BCUT2D eigenvalue weighted by Gasteiger charge is 2.26. The summed E-state index contributed by atoms with van der Waals surface area (Å²) in [6.45, 7) is -0.243. The monoisotopic (exact) mass is 178 g/mol. The van der Waals surface area contributed by atoms with Crippen molar-refractivity contribution < 1.29 is 14.6 Å². The van der Waals surface area contributed by atoms with Crippen LogP contribution in [0.15, 0.2) is 24.3 Å². The van der Waals surface area contributed by atoms with E-state index in [2.05, 4.69) is 0 Å². The number of rotatable bonds is 1. The zero-order chi connectivity index (χ0) is 9.26. The van der Waals surface area contributed by atoms with Gasteiger partial charge >= 0.3 is 0 Å². The van der Waals surface area contributed by atoms with Gasteiger partial charge in [-0.15, -0.1) is 0 Å². The van der Waals surface area contributed by atoms with Crippen molar-refractivity contribution in [2.75, 3.05) is 6.61 Å². The molecule has 1 heterocycles. The Morgan fingerprint density at radius 2 is 2.23 bits per heavy atom. The molecule has 0 radical (unpaired) electrons. The number of aliphatic hydroxyl groups excluding tert-OH is 1. The van der Waals surface area contributed by atoms with Crippen LogP contribution in [0.1, 0.15) is 5.56 Å². The van der Waals surface area contributed by atoms with Crippen molar-refractivity contribution in [2.45, 2.75) is 12.5 Å². The number of carbonyl (C=O) groups excluding carboxylic acids is 1. The van der Waals surface area contributed by atoms with Crippen molar-refractivity contribution in [1.82, 2.24) is 0 Å². The summed E-state index contributed by atoms with van der Waals surface area (Å²) in [5, 5.41) is 8.84. The highest BCUT2D eigenvalue weighted by molar-refractivity contribution is 5.87. The van der Waals surface area contributed by atoms with E-state index in [1.807, 2.05) is 24.3 Å². The Bertz CT molecular complexity index is 333. The molecule has 1 aromatic rings. The van der Waals surface area contributed by atoms with Crippen LogP contribution >= 0.6 is 0 Å². The molecule has 0 fully saturated rings. The van der Waals surface area contributed by atoms with Crippen molar-refractivity contribution >= 4 is 5.78 Å². The maximum atomic E-state index is 11.3. The molecule has 0 amide bonds. The third kappa shape index (κ3) is 1.42. The summed E-state index contributed by atoms with van der Waals surface area (Å²) in [5.74, 6) is 0.655. The third-order valence-corrected chi connectivity index (χ3v) is 2.13. The Labute approximate surface area is 76.0 Å². The molecule has 68 valence electrons. The van der Waals surface area contributed by atoms with Gasteiger partial charge in [0.25, 0.3) is 0 Å². The fourth-order valence-electron chi connectivity index (χ4n) is 1.42. The van der Waals surface area contributed by atoms with Gasteiger partial charge in [-0.25, -0.2) is 0 Å². The molecule has 1 atom stereocenters. The minimum atomic E-state index is -0.671. The molecule has 13 heavy (non-hydrogen) atoms. The summed E-state index contributed by atoms with van der Waals surface area (Å²) in [6, 6.07) is 7.39. The first-order valence-corrected chi connectivity index (χ1v) is 4.19. The number of ether oxygens (including phenoxy) is 1. The molecule has 1 N–H and O–H groups in total. The minimum Gasteiger partial charge on any atom is -0.480 e. The normalized spacial score (nSPS) is 20.7. The second kappa shape index (κ2) is 3.18. The van der Waals surface area contributed by atoms with Gasteiger partial charge in [-0.05, 0) is 6.07 Å². The largest absolute Gasteiger partial charge is 0.480 e. The average Bonchev–Trinajstić information content (AvgIpc) is 2.17. The Kier molecular flexibility index (Phi) is 2.02. The standard InChI is InChI=1S/C10H10O3/c11-6-10-8(12)5-7-3-1-2-4-9(7)13-10/h1-4,10-11H,5-6H2. The number of fused-ring (bicyclic) bond motifs is 1. The summed E-state index contributed by atoms with van der Waals surface area (Å²) in [4.78, 5) is 11.3. The molecule has 2 rings (SSSR count). The maximum absolute atomic E-state index is 11.3. The number of hydrogen-bond acceptors (Lipinski definition) is 3. The van der Waals surface area contributed by atoms with E-state index >= 15 is 0 Å². The summed E-state index contributed by atoms with van der Waals surface area (Å²) < 4.78 is 5.29. The highest BCUT2D eigenvalue weighted by atomic mass is 16.5. The lowest BCUT2D eigenvalue weighted by Crippen LogP contribution is -2.36. The molecule has 3 heteroatoms. The molecular weight excluding hydrogens is 168 g/mol. The average molecular weight is 178 g/mol. The van der Waals surface area contributed by atoms with Gasteiger partial charge in [-0.3, -0.25) is 4.79 Å². The third-order valence-electron chi connectivity index (χ3n) is 2.13. The Balaban J connectivity index is 2.33. The van der Waals surface area contributed by atoms with Crippen molar-refractivity contribution in [2.24, 2.45) is 0 Å². The van der Waals surface area contributed by atoms with E-state index in [1.165, 1.54) is 0 Å². The van der Waals surface area contributed by atoms with Crippen LogP contribution in [0.4, 0.5) is 0 Å². The smallest absolute Gasteiger partial charge is 0.180 e. The maximum Gasteiger partial charge on any atom is 0.180 e. The fourth-order valence-corrected chi connectivity index (χ4v) is 1.42. The van der Waals surface area contributed by atoms with Crippen LogP contribution < -0.4 is 4.74 Å². The quantitative estimate of drug-likeness (QED) is 0.683. The molecular formula is C10H10O3. The van der Waals surface area contributed by atoms with Crippen molar-refractivity contribution in [3.63, 3.8) is 0 Å². The van der Waals surface area contributed by atoms with Crippen LogP contribution in [0, 0.1) is 0 Å². The number of carbonyl (C=O) groups is 1.